The van der Waals surface area contributed by atoms with Crippen LogP contribution in [0.5, 0.6) is 0 Å². The predicted molar refractivity (Wildman–Crippen MR) is 496 cm³/mol. The summed E-state index contributed by atoms with van der Waals surface area (Å²) in [5, 5.41) is 7.08. The topological polar surface area (TPSA) is 24.6 Å². The van der Waals surface area contributed by atoms with Gasteiger partial charge in [-0.05, 0) is 190 Å². The Morgan fingerprint density at radius 1 is 0.267 bits per heavy atom. The number of rotatable bonds is 11. The molecule has 6 heteroatoms. The minimum Gasteiger partial charge on any atom is -0.456 e. The normalized spacial score (nSPS) is 12.7. The highest BCUT2D eigenvalue weighted by atomic mass is 32.1. The maximum atomic E-state index is 6.96. The largest absolute Gasteiger partial charge is 0.456 e. The lowest BCUT2D eigenvalue weighted by Gasteiger charge is -2.46. The van der Waals surface area contributed by atoms with Crippen molar-refractivity contribution in [1.82, 2.24) is 4.57 Å². The summed E-state index contributed by atoms with van der Waals surface area (Å²) in [5.74, 6) is 0. The lowest BCUT2D eigenvalue weighted by atomic mass is 9.33. The van der Waals surface area contributed by atoms with Crippen molar-refractivity contribution in [3.8, 4) is 94.7 Å². The summed E-state index contributed by atoms with van der Waals surface area (Å²) in [4.78, 5) is 5.45. The highest BCUT2D eigenvalue weighted by molar-refractivity contribution is 7.26. The van der Waals surface area contributed by atoms with Crippen molar-refractivity contribution in [2.24, 2.45) is 0 Å². The molecule has 0 fully saturated rings. The molecule has 116 heavy (non-hydrogen) atoms. The third-order valence-corrected chi connectivity index (χ3v) is 25.6. The molecule has 0 radical (unpaired) electrons. The molecule has 3 aromatic heterocycles. The molecule has 0 aliphatic carbocycles. The number of anilines is 6. The fourth-order valence-electron chi connectivity index (χ4n) is 18.9. The van der Waals surface area contributed by atoms with E-state index in [1.54, 1.807) is 0 Å². The molecule has 0 unspecified atom stereocenters. The number of thiophene rings is 1. The average Bonchev–Trinajstić information content (AvgIpc) is 0.844. The van der Waals surface area contributed by atoms with Crippen LogP contribution in [0.25, 0.3) is 159 Å². The number of aromatic nitrogens is 1. The molecular formula is C110H80BN3OS. The van der Waals surface area contributed by atoms with Crippen LogP contribution >= 0.6 is 11.3 Å². The molecule has 0 amide bonds. The summed E-state index contributed by atoms with van der Waals surface area (Å²) in [5.41, 5.74) is 35.6. The van der Waals surface area contributed by atoms with Gasteiger partial charge in [0.25, 0.3) is 6.71 Å². The molecule has 0 bridgehead atoms. The Morgan fingerprint density at radius 3 is 1.28 bits per heavy atom. The number of furan rings is 1. The van der Waals surface area contributed by atoms with E-state index < -0.39 is 0 Å². The Labute approximate surface area is 680 Å². The lowest BCUT2D eigenvalue weighted by molar-refractivity contribution is 0.590. The Bertz CT molecular complexity index is 7100. The summed E-state index contributed by atoms with van der Waals surface area (Å²) in [6.07, 6.45) is 0. The zero-order valence-corrected chi connectivity index (χ0v) is 66.3. The Kier molecular flexibility index (Phi) is 16.0. The Balaban J connectivity index is 0.939. The van der Waals surface area contributed by atoms with Crippen molar-refractivity contribution in [1.29, 1.82) is 0 Å². The fourth-order valence-corrected chi connectivity index (χ4v) is 20.0. The molecular weight excluding hydrogens is 1420 g/mol. The summed E-state index contributed by atoms with van der Waals surface area (Å²) >= 11 is 1.87. The van der Waals surface area contributed by atoms with Crippen molar-refractivity contribution in [3.63, 3.8) is 0 Å². The SMILES string of the molecule is CC(C)(C)c1ccc2c(c1)c1cc(C(C)(C)C)ccc1n2-c1cc2c3c(c1)N(c1c(-c4cccc5oc6ccccc6c45)cccc1-c1cccc4sc5ccccc5c14)c1ccc(-c4cccc(-c5ccccc5)c4)cc1B3c1ccc(-c3cccc(-c4ccccc4)c3)cc1N2c1c(-c2ccccc2)cccc1-c1ccccc1. The standard InChI is InChI=1S/C110H80BN3OS/c1-109(2,3)79-55-59-94-90(65-79)91-66-80(110(4,5)6)56-60-95(91)112(94)81-67-98-106-99(68-81)114(107-82(71-33-15-9-16-34-71)43-25-44-83(107)72-35-17-10-18-36-72)97-64-78(76-40-24-38-74(62-76)70-31-13-8-14-32-70)53-57-92(97)111(106)93-63-77(75-39-23-37-73(61-75)69-29-11-7-12-30-69)54-58-96(93)113(98)108-86(84-45-27-50-101-104(84)88-41-19-21-49-100(88)115-101)47-26-48-87(108)85-46-28-52-103-105(85)89-42-20-22-51-102(89)116-103/h7-68H,1-6H3. The van der Waals surface area contributed by atoms with E-state index in [-0.39, 0.29) is 17.5 Å². The molecule has 2 aliphatic heterocycles. The number of fused-ring (bicyclic) bond motifs is 13. The van der Waals surface area contributed by atoms with Crippen LogP contribution in [0.2, 0.25) is 0 Å². The third kappa shape index (κ3) is 11.2. The fraction of sp³-hybridized carbons (Fsp3) is 0.0727. The van der Waals surface area contributed by atoms with E-state index >= 15 is 0 Å². The van der Waals surface area contributed by atoms with Gasteiger partial charge in [-0.15, -0.1) is 11.3 Å². The second-order valence-corrected chi connectivity index (χ2v) is 34.5. The van der Waals surface area contributed by atoms with Gasteiger partial charge in [0.2, 0.25) is 0 Å². The molecule has 550 valence electrons. The number of benzene rings is 17. The number of hydrogen-bond donors (Lipinski definition) is 0. The summed E-state index contributed by atoms with van der Waals surface area (Å²) in [6, 6.07) is 142. The second kappa shape index (κ2) is 27.0. The van der Waals surface area contributed by atoms with Crippen LogP contribution in [0, 0.1) is 0 Å². The summed E-state index contributed by atoms with van der Waals surface area (Å²) in [6.45, 7) is 13.7. The maximum absolute atomic E-state index is 6.96. The molecule has 4 nitrogen and oxygen atoms in total. The number of para-hydroxylation sites is 3. The molecule has 0 saturated carbocycles. The van der Waals surface area contributed by atoms with Gasteiger partial charge < -0.3 is 18.8 Å². The van der Waals surface area contributed by atoms with Crippen LogP contribution in [0.3, 0.4) is 0 Å². The molecule has 0 N–H and O–H groups in total. The smallest absolute Gasteiger partial charge is 0.252 e. The highest BCUT2D eigenvalue weighted by Crippen LogP contribution is 2.57. The van der Waals surface area contributed by atoms with Gasteiger partial charge in [0, 0.05) is 86.7 Å². The number of nitrogens with zero attached hydrogens (tertiary/aromatic N) is 3. The Hall–Kier alpha value is -13.8. The van der Waals surface area contributed by atoms with Gasteiger partial charge in [0.15, 0.2) is 0 Å². The van der Waals surface area contributed by atoms with Crippen molar-refractivity contribution in [2.45, 2.75) is 52.4 Å². The zero-order chi connectivity index (χ0) is 77.7. The van der Waals surface area contributed by atoms with Crippen molar-refractivity contribution >= 4 is 132 Å². The van der Waals surface area contributed by atoms with Crippen LogP contribution in [0.1, 0.15) is 52.7 Å². The minimum atomic E-state index is -0.333. The monoisotopic (exact) mass is 1500 g/mol. The van der Waals surface area contributed by atoms with Crippen molar-refractivity contribution < 1.29 is 4.42 Å². The van der Waals surface area contributed by atoms with Gasteiger partial charge >= 0.3 is 0 Å². The highest BCUT2D eigenvalue weighted by Gasteiger charge is 2.46. The predicted octanol–water partition coefficient (Wildman–Crippen LogP) is 29.1. The molecule has 5 heterocycles. The second-order valence-electron chi connectivity index (χ2n) is 33.4. The first kappa shape index (κ1) is 69.0. The van der Waals surface area contributed by atoms with Gasteiger partial charge in [-0.25, -0.2) is 0 Å². The lowest BCUT2D eigenvalue weighted by Crippen LogP contribution is -2.61. The van der Waals surface area contributed by atoms with Gasteiger partial charge in [0.1, 0.15) is 11.2 Å². The average molecular weight is 1500 g/mol. The quantitative estimate of drug-likeness (QED) is 0.121. The van der Waals surface area contributed by atoms with E-state index in [1.807, 2.05) is 11.3 Å². The van der Waals surface area contributed by atoms with E-state index in [0.29, 0.717) is 0 Å². The van der Waals surface area contributed by atoms with E-state index in [0.717, 1.165) is 140 Å². The molecule has 0 atom stereocenters. The van der Waals surface area contributed by atoms with Crippen LogP contribution in [0.15, 0.2) is 381 Å². The van der Waals surface area contributed by atoms with E-state index in [2.05, 4.69) is 432 Å². The molecule has 0 spiro atoms. The van der Waals surface area contributed by atoms with Gasteiger partial charge in [-0.3, -0.25) is 0 Å². The van der Waals surface area contributed by atoms with Crippen LogP contribution in [-0.2, 0) is 10.8 Å². The van der Waals surface area contributed by atoms with Crippen LogP contribution in [0.4, 0.5) is 34.1 Å². The first-order chi connectivity index (χ1) is 56.8. The molecule has 20 aromatic rings. The minimum absolute atomic E-state index is 0.121. The maximum Gasteiger partial charge on any atom is 0.252 e. The molecule has 22 rings (SSSR count). The van der Waals surface area contributed by atoms with E-state index in [4.69, 9.17) is 4.42 Å². The first-order valence-electron chi connectivity index (χ1n) is 40.5. The summed E-state index contributed by atoms with van der Waals surface area (Å²) in [7, 11) is 0. The van der Waals surface area contributed by atoms with E-state index in [1.165, 1.54) is 80.7 Å². The summed E-state index contributed by atoms with van der Waals surface area (Å²) < 4.78 is 12.1. The number of hydrogen-bond acceptors (Lipinski definition) is 4. The van der Waals surface area contributed by atoms with Crippen LogP contribution in [-0.4, -0.2) is 11.3 Å². The van der Waals surface area contributed by atoms with Crippen molar-refractivity contribution in [2.75, 3.05) is 9.80 Å². The van der Waals surface area contributed by atoms with E-state index in [9.17, 15) is 0 Å². The van der Waals surface area contributed by atoms with Crippen LogP contribution < -0.4 is 26.2 Å². The zero-order valence-electron chi connectivity index (χ0n) is 65.5. The molecule has 2 aliphatic rings. The van der Waals surface area contributed by atoms with Gasteiger partial charge in [-0.2, -0.15) is 0 Å². The van der Waals surface area contributed by atoms with Gasteiger partial charge in [0.05, 0.1) is 28.1 Å². The molecule has 0 saturated heterocycles. The molecule has 17 aromatic carbocycles. The van der Waals surface area contributed by atoms with Crippen molar-refractivity contribution in [3.05, 3.63) is 387 Å². The third-order valence-electron chi connectivity index (χ3n) is 24.5. The van der Waals surface area contributed by atoms with Gasteiger partial charge in [-0.1, -0.05) is 333 Å². The Morgan fingerprint density at radius 2 is 0.690 bits per heavy atom. The first-order valence-corrected chi connectivity index (χ1v) is 41.3.